The summed E-state index contributed by atoms with van der Waals surface area (Å²) in [4.78, 5) is 11.6. The molecule has 4 unspecified atom stereocenters. The Hall–Kier alpha value is -3.70. The van der Waals surface area contributed by atoms with E-state index in [0.29, 0.717) is 47.2 Å². The Labute approximate surface area is 205 Å². The first-order chi connectivity index (χ1) is 17.1. The molecule has 3 fully saturated rings. The average molecular weight is 468 g/mol. The van der Waals surface area contributed by atoms with Gasteiger partial charge in [0.05, 0.1) is 23.6 Å². The summed E-state index contributed by atoms with van der Waals surface area (Å²) in [5.41, 5.74) is 9.83. The molecular weight excluding hydrogens is 438 g/mol. The van der Waals surface area contributed by atoms with E-state index < -0.39 is 0 Å². The van der Waals surface area contributed by atoms with Crippen molar-refractivity contribution in [1.82, 2.24) is 25.5 Å². The Morgan fingerprint density at radius 1 is 1.20 bits per heavy atom. The molecule has 6 rings (SSSR count). The van der Waals surface area contributed by atoms with Gasteiger partial charge in [-0.05, 0) is 74.2 Å². The molecule has 2 bridgehead atoms. The van der Waals surface area contributed by atoms with Crippen molar-refractivity contribution in [3.05, 3.63) is 54.1 Å². The predicted octanol–water partition coefficient (Wildman–Crippen LogP) is 2.60. The lowest BCUT2D eigenvalue weighted by Crippen LogP contribution is -2.53. The Morgan fingerprint density at radius 2 is 2.09 bits per heavy atom. The maximum atomic E-state index is 10.3. The topological polar surface area (TPSA) is 113 Å². The fraction of sp³-hybridized carbons (Fsp3) is 0.407. The van der Waals surface area contributed by atoms with Gasteiger partial charge in [-0.3, -0.25) is 0 Å². The summed E-state index contributed by atoms with van der Waals surface area (Å²) < 4.78 is 0. The lowest BCUT2D eigenvalue weighted by molar-refractivity contribution is 0.0598. The van der Waals surface area contributed by atoms with Gasteiger partial charge in [-0.15, -0.1) is 10.2 Å². The van der Waals surface area contributed by atoms with Crippen LogP contribution in [-0.2, 0) is 5.41 Å². The van der Waals surface area contributed by atoms with Gasteiger partial charge in [0.25, 0.3) is 0 Å². The third-order valence-corrected chi connectivity index (χ3v) is 8.03. The number of benzene rings is 1. The number of phenolic OH excluding ortho intramolecular Hbond substituents is 1. The van der Waals surface area contributed by atoms with Crippen molar-refractivity contribution in [1.29, 1.82) is 0 Å². The predicted molar refractivity (Wildman–Crippen MR) is 135 cm³/mol. The number of hydrogen-bond acceptors (Lipinski definition) is 8. The fourth-order valence-corrected chi connectivity index (χ4v) is 6.63. The monoisotopic (exact) mass is 467 g/mol. The van der Waals surface area contributed by atoms with E-state index >= 15 is 0 Å². The zero-order chi connectivity index (χ0) is 24.0. The zero-order valence-electron chi connectivity index (χ0n) is 19.8. The van der Waals surface area contributed by atoms with Gasteiger partial charge in [-0.1, -0.05) is 18.1 Å². The number of hydrogen-bond donors (Lipinski definition) is 3. The molecule has 0 amide bonds. The first-order valence-electron chi connectivity index (χ1n) is 12.2. The minimum atomic E-state index is 0.146. The highest BCUT2D eigenvalue weighted by atomic mass is 16.3. The molecule has 2 saturated carbocycles. The Kier molecular flexibility index (Phi) is 5.30. The minimum Gasteiger partial charge on any atom is -0.507 e. The van der Waals surface area contributed by atoms with E-state index in [4.69, 9.17) is 10.7 Å². The van der Waals surface area contributed by atoms with Crippen molar-refractivity contribution < 1.29 is 5.11 Å². The van der Waals surface area contributed by atoms with Crippen LogP contribution in [0.15, 0.2) is 42.6 Å². The lowest BCUT2D eigenvalue weighted by Gasteiger charge is -2.53. The maximum Gasteiger partial charge on any atom is 0.205 e. The minimum absolute atomic E-state index is 0.146. The Bertz CT molecular complexity index is 1330. The van der Waals surface area contributed by atoms with Crippen molar-refractivity contribution >= 4 is 11.5 Å². The lowest BCUT2D eigenvalue weighted by atomic mass is 9.53. The van der Waals surface area contributed by atoms with E-state index in [0.717, 1.165) is 37.3 Å². The van der Waals surface area contributed by atoms with Crippen molar-refractivity contribution in [2.75, 3.05) is 37.3 Å². The summed E-state index contributed by atoms with van der Waals surface area (Å²) in [5, 5.41) is 21.8. The molecule has 4 N–H and O–H groups in total. The van der Waals surface area contributed by atoms with Crippen molar-refractivity contribution in [3.63, 3.8) is 0 Å². The van der Waals surface area contributed by atoms with Crippen molar-refractivity contribution in [2.45, 2.75) is 24.7 Å². The second kappa shape index (κ2) is 8.51. The molecule has 1 saturated heterocycles. The van der Waals surface area contributed by atoms with Crippen molar-refractivity contribution in [3.8, 4) is 28.8 Å². The number of fused-ring (bicyclic) bond motifs is 1. The summed E-state index contributed by atoms with van der Waals surface area (Å²) >= 11 is 0. The third-order valence-electron chi connectivity index (χ3n) is 8.03. The van der Waals surface area contributed by atoms with Gasteiger partial charge in [-0.25, -0.2) is 9.97 Å². The molecule has 8 nitrogen and oxygen atoms in total. The van der Waals surface area contributed by atoms with Gasteiger partial charge >= 0.3 is 0 Å². The third kappa shape index (κ3) is 3.67. The van der Waals surface area contributed by atoms with Crippen LogP contribution in [0.5, 0.6) is 5.75 Å². The standard InChI is InChI=1S/C27H29N7O/c1-29-9-4-7-25-30-10-8-24(31-25)27-13-17-11-20(27)18(14-27)16-34(15-17)22-12-21(32-33-26(22)28)19-5-2-3-6-23(19)35/h2-3,5-6,8,10,12,17-18,20,29,35H,9,11,13-16H2,1H3,(H2,28,33). The number of phenols is 1. The smallest absolute Gasteiger partial charge is 0.205 e. The molecule has 1 aromatic carbocycles. The number of aromatic hydroxyl groups is 1. The van der Waals surface area contributed by atoms with Gasteiger partial charge in [0.15, 0.2) is 5.82 Å². The summed E-state index contributed by atoms with van der Waals surface area (Å²) in [6.45, 7) is 2.50. The maximum absolute atomic E-state index is 10.3. The normalized spacial score (nSPS) is 26.4. The summed E-state index contributed by atoms with van der Waals surface area (Å²) in [6.07, 6.45) is 5.31. The Morgan fingerprint density at radius 3 is 2.94 bits per heavy atom. The second-order valence-electron chi connectivity index (χ2n) is 10.1. The number of nitrogens with one attached hydrogen (secondary N) is 1. The number of nitrogen functional groups attached to an aromatic ring is 1. The first-order valence-corrected chi connectivity index (χ1v) is 12.2. The molecule has 4 atom stereocenters. The van der Waals surface area contributed by atoms with Crippen LogP contribution in [0.1, 0.15) is 30.8 Å². The molecule has 2 aliphatic carbocycles. The van der Waals surface area contributed by atoms with Crippen LogP contribution in [0, 0.1) is 29.6 Å². The highest BCUT2D eigenvalue weighted by Gasteiger charge is 2.62. The van der Waals surface area contributed by atoms with E-state index in [9.17, 15) is 5.11 Å². The molecule has 0 radical (unpaired) electrons. The number of aromatic nitrogens is 4. The SMILES string of the molecule is CNCC#Cc1nccc(C23CC4CC2C(CN(c2cc(-c5ccccc5O)nnc2N)C4)C3)n1. The average Bonchev–Trinajstić information content (AvgIpc) is 3.05. The van der Waals surface area contributed by atoms with Crippen LogP contribution < -0.4 is 16.0 Å². The van der Waals surface area contributed by atoms with Crippen LogP contribution >= 0.6 is 0 Å². The summed E-state index contributed by atoms with van der Waals surface area (Å²) in [7, 11) is 1.88. The molecule has 3 aliphatic rings. The molecule has 35 heavy (non-hydrogen) atoms. The van der Waals surface area contributed by atoms with Gasteiger partial charge in [-0.2, -0.15) is 0 Å². The molecule has 178 valence electrons. The second-order valence-corrected chi connectivity index (χ2v) is 10.1. The molecule has 8 heteroatoms. The molecular formula is C27H29N7O. The van der Waals surface area contributed by atoms with E-state index in [2.05, 4.69) is 43.3 Å². The van der Waals surface area contributed by atoms with E-state index in [1.54, 1.807) is 12.1 Å². The number of para-hydroxylation sites is 1. The number of nitrogens with zero attached hydrogens (tertiary/aromatic N) is 5. The largest absolute Gasteiger partial charge is 0.507 e. The molecule has 0 spiro atoms. The number of rotatable bonds is 4. The van der Waals surface area contributed by atoms with Gasteiger partial charge in [0.2, 0.25) is 5.82 Å². The highest BCUT2D eigenvalue weighted by Crippen LogP contribution is 2.64. The number of nitrogens with two attached hydrogens (primary N) is 1. The van der Waals surface area contributed by atoms with Gasteiger partial charge < -0.3 is 21.1 Å². The van der Waals surface area contributed by atoms with E-state index in [1.807, 2.05) is 31.4 Å². The van der Waals surface area contributed by atoms with Gasteiger partial charge in [0, 0.05) is 30.3 Å². The molecule has 1 aliphatic heterocycles. The molecule has 2 aromatic heterocycles. The van der Waals surface area contributed by atoms with Crippen LogP contribution in [-0.4, -0.2) is 52.0 Å². The van der Waals surface area contributed by atoms with Crippen molar-refractivity contribution in [2.24, 2.45) is 17.8 Å². The first kappa shape index (κ1) is 21.8. The molecule has 3 aromatic rings. The van der Waals surface area contributed by atoms with Crippen LogP contribution in [0.3, 0.4) is 0 Å². The summed E-state index contributed by atoms with van der Waals surface area (Å²) in [5.74, 6) is 9.15. The number of anilines is 2. The summed E-state index contributed by atoms with van der Waals surface area (Å²) in [6, 6.07) is 11.3. The zero-order valence-corrected chi connectivity index (χ0v) is 19.8. The van der Waals surface area contributed by atoms with Crippen LogP contribution in [0.25, 0.3) is 11.3 Å². The van der Waals surface area contributed by atoms with Crippen LogP contribution in [0.4, 0.5) is 11.5 Å². The quantitative estimate of drug-likeness (QED) is 0.502. The highest BCUT2D eigenvalue weighted by molar-refractivity contribution is 5.74. The van der Waals surface area contributed by atoms with E-state index in [1.165, 1.54) is 6.42 Å². The fourth-order valence-electron chi connectivity index (χ4n) is 6.63. The van der Waals surface area contributed by atoms with E-state index in [-0.39, 0.29) is 11.2 Å². The van der Waals surface area contributed by atoms with Gasteiger partial charge in [0.1, 0.15) is 5.75 Å². The molecule has 3 heterocycles. The Balaban J connectivity index is 1.26. The van der Waals surface area contributed by atoms with Crippen LogP contribution in [0.2, 0.25) is 0 Å².